The molecule has 1 fully saturated rings. The molecular weight excluding hydrogens is 598 g/mol. The zero-order valence-electron chi connectivity index (χ0n) is 25.9. The van der Waals surface area contributed by atoms with E-state index in [1.165, 1.54) is 17.0 Å². The molecule has 8 nitrogen and oxygen atoms in total. The highest BCUT2D eigenvalue weighted by Gasteiger charge is 2.35. The summed E-state index contributed by atoms with van der Waals surface area (Å²) >= 11 is 6.22. The van der Waals surface area contributed by atoms with Gasteiger partial charge >= 0.3 is 0 Å². The van der Waals surface area contributed by atoms with Crippen LogP contribution in [0.1, 0.15) is 62.1 Å². The van der Waals surface area contributed by atoms with Crippen molar-refractivity contribution in [2.24, 2.45) is 0 Å². The van der Waals surface area contributed by atoms with Crippen LogP contribution < -0.4 is 14.4 Å². The summed E-state index contributed by atoms with van der Waals surface area (Å²) in [6, 6.07) is 18.0. The van der Waals surface area contributed by atoms with Crippen molar-refractivity contribution in [2.45, 2.75) is 82.8 Å². The molecule has 0 aliphatic heterocycles. The van der Waals surface area contributed by atoms with Crippen LogP contribution in [0.15, 0.2) is 71.6 Å². The zero-order chi connectivity index (χ0) is 31.9. The predicted octanol–water partition coefficient (Wildman–Crippen LogP) is 6.42. The standard InChI is InChI=1S/C34H42ClN3O5S/c1-5-31(34(40)36-28-11-7-6-8-12-28)37(22-26-10-9-13-29(21-26)43-4)33(39)23-38(32-19-16-27(35)20-25(32)3)44(41,42)30-17-14-24(2)15-18-30/h9-10,13-21,28,31H,5-8,11-12,22-23H2,1-4H3,(H,36,40)/t31-/m0/s1. The van der Waals surface area contributed by atoms with E-state index in [4.69, 9.17) is 16.3 Å². The molecule has 3 aromatic carbocycles. The van der Waals surface area contributed by atoms with Crippen LogP contribution in [0, 0.1) is 13.8 Å². The normalized spacial score (nSPS) is 14.5. The molecule has 0 bridgehead atoms. The van der Waals surface area contributed by atoms with Crippen LogP contribution in [0.2, 0.25) is 5.02 Å². The van der Waals surface area contributed by atoms with Crippen LogP contribution in [-0.2, 0) is 26.2 Å². The van der Waals surface area contributed by atoms with E-state index in [-0.39, 0.29) is 23.4 Å². The molecule has 1 saturated carbocycles. The number of benzene rings is 3. The fourth-order valence-electron chi connectivity index (χ4n) is 5.68. The van der Waals surface area contributed by atoms with Gasteiger partial charge in [-0.3, -0.25) is 13.9 Å². The Morgan fingerprint density at radius 3 is 2.34 bits per heavy atom. The van der Waals surface area contributed by atoms with Gasteiger partial charge in [0.2, 0.25) is 11.8 Å². The Balaban J connectivity index is 1.74. The molecule has 4 rings (SSSR count). The van der Waals surface area contributed by atoms with Gasteiger partial charge in [-0.2, -0.15) is 0 Å². The molecule has 3 aromatic rings. The van der Waals surface area contributed by atoms with Crippen molar-refractivity contribution in [1.82, 2.24) is 10.2 Å². The smallest absolute Gasteiger partial charge is 0.264 e. The predicted molar refractivity (Wildman–Crippen MR) is 175 cm³/mol. The second kappa shape index (κ2) is 14.9. The Hall–Kier alpha value is -3.56. The molecule has 44 heavy (non-hydrogen) atoms. The SMILES string of the molecule is CC[C@@H](C(=O)NC1CCCCC1)N(Cc1cccc(OC)c1)C(=O)CN(c1ccc(Cl)cc1C)S(=O)(=O)c1ccc(C)cc1. The van der Waals surface area contributed by atoms with E-state index >= 15 is 0 Å². The number of carbonyl (C=O) groups is 2. The van der Waals surface area contributed by atoms with Crippen molar-refractivity contribution in [3.8, 4) is 5.75 Å². The first-order chi connectivity index (χ1) is 21.0. The lowest BCUT2D eigenvalue weighted by Gasteiger charge is -2.34. The minimum atomic E-state index is -4.17. The first-order valence-corrected chi connectivity index (χ1v) is 16.9. The number of carbonyl (C=O) groups excluding carboxylic acids is 2. The maximum absolute atomic E-state index is 14.4. The number of hydrogen-bond donors (Lipinski definition) is 1. The molecule has 1 N–H and O–H groups in total. The number of aryl methyl sites for hydroxylation is 2. The number of ether oxygens (including phenoxy) is 1. The average Bonchev–Trinajstić information content (AvgIpc) is 3.00. The Morgan fingerprint density at radius 2 is 1.70 bits per heavy atom. The lowest BCUT2D eigenvalue weighted by molar-refractivity contribution is -0.140. The fraction of sp³-hybridized carbons (Fsp3) is 0.412. The van der Waals surface area contributed by atoms with Gasteiger partial charge in [-0.05, 0) is 86.7 Å². The third kappa shape index (κ3) is 8.12. The number of sulfonamides is 1. The van der Waals surface area contributed by atoms with E-state index in [2.05, 4.69) is 5.32 Å². The van der Waals surface area contributed by atoms with Crippen LogP contribution in [0.5, 0.6) is 5.75 Å². The summed E-state index contributed by atoms with van der Waals surface area (Å²) in [6.07, 6.45) is 5.44. The average molecular weight is 640 g/mol. The van der Waals surface area contributed by atoms with Crippen molar-refractivity contribution < 1.29 is 22.7 Å². The largest absolute Gasteiger partial charge is 0.497 e. The molecule has 2 amide bonds. The van der Waals surface area contributed by atoms with E-state index in [0.29, 0.717) is 28.4 Å². The van der Waals surface area contributed by atoms with Gasteiger partial charge in [0, 0.05) is 17.6 Å². The van der Waals surface area contributed by atoms with Crippen molar-refractivity contribution in [2.75, 3.05) is 18.0 Å². The number of nitrogens with one attached hydrogen (secondary N) is 1. The van der Waals surface area contributed by atoms with E-state index in [0.717, 1.165) is 47.5 Å². The molecule has 0 aromatic heterocycles. The lowest BCUT2D eigenvalue weighted by Crippen LogP contribution is -2.54. The topological polar surface area (TPSA) is 96.0 Å². The van der Waals surface area contributed by atoms with Crippen molar-refractivity contribution in [1.29, 1.82) is 0 Å². The van der Waals surface area contributed by atoms with Crippen molar-refractivity contribution in [3.63, 3.8) is 0 Å². The Morgan fingerprint density at radius 1 is 1.00 bits per heavy atom. The number of nitrogens with zero attached hydrogens (tertiary/aromatic N) is 2. The van der Waals surface area contributed by atoms with Crippen molar-refractivity contribution in [3.05, 3.63) is 88.4 Å². The van der Waals surface area contributed by atoms with E-state index in [1.54, 1.807) is 44.4 Å². The summed E-state index contributed by atoms with van der Waals surface area (Å²) in [4.78, 5) is 29.7. The van der Waals surface area contributed by atoms with Crippen LogP contribution in [0.4, 0.5) is 5.69 Å². The lowest BCUT2D eigenvalue weighted by atomic mass is 9.95. The Kier molecular flexibility index (Phi) is 11.3. The molecule has 236 valence electrons. The van der Waals surface area contributed by atoms with Gasteiger partial charge in [0.05, 0.1) is 17.7 Å². The maximum atomic E-state index is 14.4. The van der Waals surface area contributed by atoms with Gasteiger partial charge in [0.1, 0.15) is 18.3 Å². The molecule has 0 saturated heterocycles. The van der Waals surface area contributed by atoms with Gasteiger partial charge in [0.15, 0.2) is 0 Å². The van der Waals surface area contributed by atoms with Gasteiger partial charge in [-0.15, -0.1) is 0 Å². The van der Waals surface area contributed by atoms with Crippen molar-refractivity contribution >= 4 is 39.1 Å². The maximum Gasteiger partial charge on any atom is 0.264 e. The number of anilines is 1. The minimum absolute atomic E-state index is 0.0617. The summed E-state index contributed by atoms with van der Waals surface area (Å²) in [5.74, 6) is -0.107. The summed E-state index contributed by atoms with van der Waals surface area (Å²) in [7, 11) is -2.61. The summed E-state index contributed by atoms with van der Waals surface area (Å²) in [5.41, 5.74) is 2.61. The number of halogens is 1. The molecule has 1 atom stereocenters. The molecule has 10 heteroatoms. The van der Waals surface area contributed by atoms with E-state index in [1.807, 2.05) is 38.1 Å². The van der Waals surface area contributed by atoms with Crippen LogP contribution in [0.25, 0.3) is 0 Å². The monoisotopic (exact) mass is 639 g/mol. The van der Waals surface area contributed by atoms with E-state index < -0.39 is 28.5 Å². The molecule has 1 aliphatic rings. The van der Waals surface area contributed by atoms with E-state index in [9.17, 15) is 18.0 Å². The third-order valence-electron chi connectivity index (χ3n) is 8.14. The van der Waals surface area contributed by atoms with Crippen LogP contribution in [-0.4, -0.2) is 50.9 Å². The molecule has 0 unspecified atom stereocenters. The number of rotatable bonds is 12. The zero-order valence-corrected chi connectivity index (χ0v) is 27.5. The van der Waals surface area contributed by atoms with Gasteiger partial charge < -0.3 is 15.0 Å². The second-order valence-corrected chi connectivity index (χ2v) is 13.7. The highest BCUT2D eigenvalue weighted by atomic mass is 35.5. The Bertz CT molecular complexity index is 1560. The third-order valence-corrected chi connectivity index (χ3v) is 10.1. The molecule has 0 radical (unpaired) electrons. The highest BCUT2D eigenvalue weighted by molar-refractivity contribution is 7.92. The molecule has 0 heterocycles. The number of methoxy groups -OCH3 is 1. The Labute approximate surface area is 266 Å². The first-order valence-electron chi connectivity index (χ1n) is 15.1. The summed E-state index contributed by atoms with van der Waals surface area (Å²) in [6.45, 7) is 5.09. The van der Waals surface area contributed by atoms with Gasteiger partial charge in [-0.1, -0.05) is 67.6 Å². The minimum Gasteiger partial charge on any atom is -0.497 e. The summed E-state index contributed by atoms with van der Waals surface area (Å²) in [5, 5.41) is 3.63. The molecule has 1 aliphatic carbocycles. The molecular formula is C34H42ClN3O5S. The highest BCUT2D eigenvalue weighted by Crippen LogP contribution is 2.30. The van der Waals surface area contributed by atoms with Crippen LogP contribution >= 0.6 is 11.6 Å². The number of amides is 2. The second-order valence-electron chi connectivity index (χ2n) is 11.4. The first kappa shape index (κ1) is 33.3. The quantitative estimate of drug-likeness (QED) is 0.247. The molecule has 0 spiro atoms. The fourth-order valence-corrected chi connectivity index (χ4v) is 7.39. The van der Waals surface area contributed by atoms with Crippen LogP contribution in [0.3, 0.4) is 0 Å². The number of hydrogen-bond acceptors (Lipinski definition) is 5. The summed E-state index contributed by atoms with van der Waals surface area (Å²) < 4.78 is 34.8. The van der Waals surface area contributed by atoms with Gasteiger partial charge in [0.25, 0.3) is 10.0 Å². The van der Waals surface area contributed by atoms with Gasteiger partial charge in [-0.25, -0.2) is 8.42 Å².